The summed E-state index contributed by atoms with van der Waals surface area (Å²) in [5.74, 6) is -1.15. The number of H-pyrrole nitrogens is 2. The molecule has 4 aromatic rings. The molecule has 4 rings (SSSR count). The third-order valence-corrected chi connectivity index (χ3v) is 4.66. The first-order chi connectivity index (χ1) is 11.5. The van der Waals surface area contributed by atoms with Gasteiger partial charge in [-0.05, 0) is 48.9 Å². The van der Waals surface area contributed by atoms with Gasteiger partial charge in [-0.2, -0.15) is 5.10 Å². The van der Waals surface area contributed by atoms with Crippen molar-refractivity contribution in [2.24, 2.45) is 0 Å². The van der Waals surface area contributed by atoms with Crippen molar-refractivity contribution < 1.29 is 8.78 Å². The van der Waals surface area contributed by atoms with Crippen LogP contribution in [0.1, 0.15) is 5.56 Å². The summed E-state index contributed by atoms with van der Waals surface area (Å²) >= 11 is 3.49. The molecule has 2 aromatic heterocycles. The number of aromatic nitrogens is 4. The lowest BCUT2D eigenvalue weighted by Gasteiger charge is -1.96. The summed E-state index contributed by atoms with van der Waals surface area (Å²) in [5.41, 5.74) is 4.51. The highest BCUT2D eigenvalue weighted by Gasteiger charge is 2.12. The molecule has 0 aliphatic heterocycles. The minimum Gasteiger partial charge on any atom is -0.337 e. The van der Waals surface area contributed by atoms with E-state index in [2.05, 4.69) is 36.1 Å². The van der Waals surface area contributed by atoms with E-state index in [4.69, 9.17) is 0 Å². The predicted octanol–water partition coefficient (Wildman–Crippen LogP) is 4.97. The number of aryl methyl sites for hydroxylation is 1. The van der Waals surface area contributed by atoms with Crippen LogP contribution in [-0.2, 0) is 0 Å². The van der Waals surface area contributed by atoms with Gasteiger partial charge in [-0.1, -0.05) is 15.9 Å². The van der Waals surface area contributed by atoms with Crippen LogP contribution in [0.5, 0.6) is 0 Å². The minimum absolute atomic E-state index is 0.492. The van der Waals surface area contributed by atoms with Crippen molar-refractivity contribution in [3.63, 3.8) is 0 Å². The van der Waals surface area contributed by atoms with Crippen molar-refractivity contribution in [1.29, 1.82) is 0 Å². The molecule has 2 aromatic carbocycles. The van der Waals surface area contributed by atoms with Crippen molar-refractivity contribution in [2.75, 3.05) is 0 Å². The standard InChI is InChI=1S/C17H11BrF2N4/c1-8-4-14-15(6-10(8)18)22-17(21-14)16-7-13(23-24-16)9-2-3-11(19)12(20)5-9/h2-7H,1H3,(H,21,22)(H,23,24). The van der Waals surface area contributed by atoms with Crippen LogP contribution in [0.25, 0.3) is 33.8 Å². The van der Waals surface area contributed by atoms with Gasteiger partial charge in [0.2, 0.25) is 0 Å². The third-order valence-electron chi connectivity index (χ3n) is 3.81. The SMILES string of the molecule is Cc1cc2[nH]c(-c3cc(-c4ccc(F)c(F)c4)n[nH]3)nc2cc1Br. The highest BCUT2D eigenvalue weighted by Crippen LogP contribution is 2.27. The number of rotatable bonds is 2. The number of nitrogens with one attached hydrogen (secondary N) is 2. The molecule has 0 saturated carbocycles. The van der Waals surface area contributed by atoms with Gasteiger partial charge < -0.3 is 4.98 Å². The van der Waals surface area contributed by atoms with Crippen LogP contribution in [0.2, 0.25) is 0 Å². The number of hydrogen-bond acceptors (Lipinski definition) is 2. The van der Waals surface area contributed by atoms with E-state index in [-0.39, 0.29) is 0 Å². The van der Waals surface area contributed by atoms with Crippen molar-refractivity contribution >= 4 is 27.0 Å². The molecule has 0 fully saturated rings. The highest BCUT2D eigenvalue weighted by atomic mass is 79.9. The van der Waals surface area contributed by atoms with Crippen LogP contribution in [0.3, 0.4) is 0 Å². The van der Waals surface area contributed by atoms with Crippen molar-refractivity contribution in [3.8, 4) is 22.8 Å². The summed E-state index contributed by atoms with van der Waals surface area (Å²) in [6.07, 6.45) is 0. The van der Waals surface area contributed by atoms with Crippen LogP contribution in [0, 0.1) is 18.6 Å². The maximum absolute atomic E-state index is 13.4. The Kier molecular flexibility index (Phi) is 3.45. The number of nitrogens with zero attached hydrogens (tertiary/aromatic N) is 2. The molecule has 2 N–H and O–H groups in total. The van der Waals surface area contributed by atoms with Gasteiger partial charge in [0.15, 0.2) is 17.5 Å². The van der Waals surface area contributed by atoms with Gasteiger partial charge in [-0.25, -0.2) is 13.8 Å². The van der Waals surface area contributed by atoms with Gasteiger partial charge in [0.25, 0.3) is 0 Å². The van der Waals surface area contributed by atoms with Crippen LogP contribution in [-0.4, -0.2) is 20.2 Å². The zero-order valence-electron chi connectivity index (χ0n) is 12.5. The maximum Gasteiger partial charge on any atom is 0.159 e. The molecule has 0 spiro atoms. The largest absolute Gasteiger partial charge is 0.337 e. The Labute approximate surface area is 144 Å². The minimum atomic E-state index is -0.902. The lowest BCUT2D eigenvalue weighted by Crippen LogP contribution is -1.85. The van der Waals surface area contributed by atoms with Crippen LogP contribution < -0.4 is 0 Å². The van der Waals surface area contributed by atoms with Gasteiger partial charge in [-0.3, -0.25) is 5.10 Å². The van der Waals surface area contributed by atoms with E-state index in [0.29, 0.717) is 22.8 Å². The van der Waals surface area contributed by atoms with E-state index in [1.54, 1.807) is 6.07 Å². The molecule has 0 aliphatic rings. The lowest BCUT2D eigenvalue weighted by atomic mass is 10.1. The predicted molar refractivity (Wildman–Crippen MR) is 91.5 cm³/mol. The number of benzene rings is 2. The van der Waals surface area contributed by atoms with Crippen LogP contribution in [0.15, 0.2) is 40.9 Å². The number of fused-ring (bicyclic) bond motifs is 1. The second-order valence-electron chi connectivity index (χ2n) is 5.50. The second kappa shape index (κ2) is 5.52. The van der Waals surface area contributed by atoms with Gasteiger partial charge in [-0.15, -0.1) is 0 Å². The molecule has 0 saturated heterocycles. The number of halogens is 3. The number of aromatic amines is 2. The van der Waals surface area contributed by atoms with Gasteiger partial charge in [0, 0.05) is 10.0 Å². The Balaban J connectivity index is 1.75. The third kappa shape index (κ3) is 2.50. The van der Waals surface area contributed by atoms with E-state index in [0.717, 1.165) is 33.2 Å². The average Bonchev–Trinajstić information content (AvgIpc) is 3.17. The number of imidazole rings is 1. The zero-order valence-corrected chi connectivity index (χ0v) is 14.1. The molecular formula is C17H11BrF2N4. The molecule has 0 bridgehead atoms. The highest BCUT2D eigenvalue weighted by molar-refractivity contribution is 9.10. The van der Waals surface area contributed by atoms with Crippen molar-refractivity contribution in [2.45, 2.75) is 6.92 Å². The molecule has 0 amide bonds. The van der Waals surface area contributed by atoms with Crippen molar-refractivity contribution in [3.05, 3.63) is 58.1 Å². The molecule has 0 aliphatic carbocycles. The fourth-order valence-corrected chi connectivity index (χ4v) is 2.84. The summed E-state index contributed by atoms with van der Waals surface area (Å²) in [7, 11) is 0. The van der Waals surface area contributed by atoms with Crippen molar-refractivity contribution in [1.82, 2.24) is 20.2 Å². The van der Waals surface area contributed by atoms with E-state index < -0.39 is 11.6 Å². The Morgan fingerprint density at radius 2 is 1.88 bits per heavy atom. The van der Waals surface area contributed by atoms with E-state index in [1.165, 1.54) is 6.07 Å². The Morgan fingerprint density at radius 3 is 2.67 bits per heavy atom. The fourth-order valence-electron chi connectivity index (χ4n) is 2.51. The van der Waals surface area contributed by atoms with Crippen LogP contribution >= 0.6 is 15.9 Å². The molecule has 0 atom stereocenters. The zero-order chi connectivity index (χ0) is 16.8. The molecule has 0 radical (unpaired) electrons. The van der Waals surface area contributed by atoms with E-state index in [1.807, 2.05) is 19.1 Å². The van der Waals surface area contributed by atoms with Gasteiger partial charge in [0.1, 0.15) is 5.69 Å². The molecule has 7 heteroatoms. The van der Waals surface area contributed by atoms with E-state index in [9.17, 15) is 8.78 Å². The first kappa shape index (κ1) is 15.0. The average molecular weight is 389 g/mol. The quantitative estimate of drug-likeness (QED) is 0.509. The molecule has 2 heterocycles. The monoisotopic (exact) mass is 388 g/mol. The number of hydrogen-bond donors (Lipinski definition) is 2. The summed E-state index contributed by atoms with van der Waals surface area (Å²) in [4.78, 5) is 7.76. The Bertz CT molecular complexity index is 1030. The molecule has 24 heavy (non-hydrogen) atoms. The first-order valence-corrected chi connectivity index (χ1v) is 7.97. The molecular weight excluding hydrogens is 378 g/mol. The van der Waals surface area contributed by atoms with Crippen LogP contribution in [0.4, 0.5) is 8.78 Å². The summed E-state index contributed by atoms with van der Waals surface area (Å²) in [5, 5.41) is 7.03. The van der Waals surface area contributed by atoms with Gasteiger partial charge >= 0.3 is 0 Å². The second-order valence-corrected chi connectivity index (χ2v) is 6.35. The summed E-state index contributed by atoms with van der Waals surface area (Å²) < 4.78 is 27.4. The summed E-state index contributed by atoms with van der Waals surface area (Å²) in [6.45, 7) is 2.00. The Hall–Kier alpha value is -2.54. The van der Waals surface area contributed by atoms with Gasteiger partial charge in [0.05, 0.1) is 16.7 Å². The smallest absolute Gasteiger partial charge is 0.159 e. The normalized spacial score (nSPS) is 11.3. The Morgan fingerprint density at radius 1 is 1.04 bits per heavy atom. The maximum atomic E-state index is 13.4. The fraction of sp³-hybridized carbons (Fsp3) is 0.0588. The molecule has 4 nitrogen and oxygen atoms in total. The topological polar surface area (TPSA) is 57.4 Å². The molecule has 120 valence electrons. The lowest BCUT2D eigenvalue weighted by molar-refractivity contribution is 0.509. The first-order valence-electron chi connectivity index (χ1n) is 7.18. The molecule has 0 unspecified atom stereocenters. The van der Waals surface area contributed by atoms with E-state index >= 15 is 0 Å². The summed E-state index contributed by atoms with van der Waals surface area (Å²) in [6, 6.07) is 9.37.